The Kier molecular flexibility index (Phi) is 8.19. The lowest BCUT2D eigenvalue weighted by Gasteiger charge is -2.12. The number of sulfone groups is 1. The minimum atomic E-state index is -4.07. The first kappa shape index (κ1) is 24.8. The molecular weight excluding hydrogens is 483 g/mol. The summed E-state index contributed by atoms with van der Waals surface area (Å²) >= 11 is 12.1. The van der Waals surface area contributed by atoms with Gasteiger partial charge in [-0.25, -0.2) is 8.42 Å². The summed E-state index contributed by atoms with van der Waals surface area (Å²) in [5, 5.41) is 0.745. The summed E-state index contributed by atoms with van der Waals surface area (Å²) in [7, 11) is -2.59. The molecule has 0 saturated carbocycles. The Morgan fingerprint density at radius 1 is 0.970 bits per heavy atom. The molecule has 0 amide bonds. The number of carbonyl (C=O) groups excluding carboxylic acids is 1. The van der Waals surface area contributed by atoms with E-state index in [1.807, 2.05) is 6.92 Å². The van der Waals surface area contributed by atoms with Gasteiger partial charge in [0.2, 0.25) is 5.78 Å². The number of ketones is 1. The Labute approximate surface area is 203 Å². The first-order chi connectivity index (χ1) is 15.7. The van der Waals surface area contributed by atoms with Crippen LogP contribution < -0.4 is 9.47 Å². The summed E-state index contributed by atoms with van der Waals surface area (Å²) in [4.78, 5) is 13.0. The molecule has 0 bridgehead atoms. The molecule has 0 saturated heterocycles. The molecule has 0 N–H and O–H groups in total. The van der Waals surface area contributed by atoms with Crippen molar-refractivity contribution in [2.75, 3.05) is 13.7 Å². The molecule has 3 rings (SSSR count). The molecule has 3 aromatic carbocycles. The van der Waals surface area contributed by atoms with E-state index in [0.29, 0.717) is 39.3 Å². The maximum atomic E-state index is 13.4. The Morgan fingerprint density at radius 2 is 1.67 bits per heavy atom. The molecule has 172 valence electrons. The van der Waals surface area contributed by atoms with Crippen LogP contribution in [-0.4, -0.2) is 27.9 Å². The summed E-state index contributed by atoms with van der Waals surface area (Å²) in [5.41, 5.74) is 1.07. The van der Waals surface area contributed by atoms with Crippen molar-refractivity contribution in [2.45, 2.75) is 12.7 Å². The first-order valence-electron chi connectivity index (χ1n) is 10.0. The molecule has 0 fully saturated rings. The van der Waals surface area contributed by atoms with Crippen LogP contribution in [0.4, 0.5) is 0 Å². The largest absolute Gasteiger partial charge is 0.493 e. The van der Waals surface area contributed by atoms with Gasteiger partial charge >= 0.3 is 0 Å². The van der Waals surface area contributed by atoms with Gasteiger partial charge < -0.3 is 9.47 Å². The highest BCUT2D eigenvalue weighted by molar-refractivity contribution is 7.95. The van der Waals surface area contributed by atoms with Crippen molar-refractivity contribution < 1.29 is 22.7 Å². The van der Waals surface area contributed by atoms with E-state index in [0.717, 1.165) is 0 Å². The van der Waals surface area contributed by atoms with E-state index >= 15 is 0 Å². The molecule has 0 aromatic heterocycles. The molecule has 0 aliphatic rings. The van der Waals surface area contributed by atoms with Crippen molar-refractivity contribution in [3.63, 3.8) is 0 Å². The average molecular weight is 505 g/mol. The predicted molar refractivity (Wildman–Crippen MR) is 132 cm³/mol. The second-order valence-corrected chi connectivity index (χ2v) is 9.84. The fraction of sp³-hybridized carbons (Fsp3) is 0.160. The van der Waals surface area contributed by atoms with Gasteiger partial charge in [-0.3, -0.25) is 4.79 Å². The van der Waals surface area contributed by atoms with Crippen molar-refractivity contribution in [1.29, 1.82) is 0 Å². The van der Waals surface area contributed by atoms with Gasteiger partial charge in [0.25, 0.3) is 0 Å². The van der Waals surface area contributed by atoms with Gasteiger partial charge in [-0.05, 0) is 66.6 Å². The molecular formula is C25H22Cl2O5S. The Bertz CT molecular complexity index is 1280. The van der Waals surface area contributed by atoms with Crippen molar-refractivity contribution in [3.05, 3.63) is 98.4 Å². The van der Waals surface area contributed by atoms with E-state index < -0.39 is 21.4 Å². The highest BCUT2D eigenvalue weighted by atomic mass is 35.5. The Hall–Kier alpha value is -2.80. The second kappa shape index (κ2) is 10.9. The van der Waals surface area contributed by atoms with E-state index in [1.165, 1.54) is 37.5 Å². The van der Waals surface area contributed by atoms with Crippen molar-refractivity contribution in [2.24, 2.45) is 0 Å². The molecule has 0 unspecified atom stereocenters. The molecule has 0 radical (unpaired) electrons. The zero-order valence-corrected chi connectivity index (χ0v) is 20.4. The lowest BCUT2D eigenvalue weighted by Crippen LogP contribution is -2.16. The van der Waals surface area contributed by atoms with Crippen LogP contribution in [0, 0.1) is 0 Å². The van der Waals surface area contributed by atoms with Crippen LogP contribution >= 0.6 is 23.2 Å². The van der Waals surface area contributed by atoms with Gasteiger partial charge in [-0.15, -0.1) is 0 Å². The summed E-state index contributed by atoms with van der Waals surface area (Å²) in [5.74, 6) is -0.132. The summed E-state index contributed by atoms with van der Waals surface area (Å²) in [6.07, 6.45) is 1.33. The van der Waals surface area contributed by atoms with Crippen LogP contribution in [0.1, 0.15) is 28.4 Å². The highest BCUT2D eigenvalue weighted by Crippen LogP contribution is 2.31. The zero-order valence-electron chi connectivity index (χ0n) is 18.0. The third kappa shape index (κ3) is 6.16. The molecule has 8 heteroatoms. The molecule has 0 aliphatic heterocycles. The van der Waals surface area contributed by atoms with Gasteiger partial charge in [-0.2, -0.15) is 0 Å². The quantitative estimate of drug-likeness (QED) is 0.254. The predicted octanol–water partition coefficient (Wildman–Crippen LogP) is 6.24. The van der Waals surface area contributed by atoms with Crippen LogP contribution in [0.15, 0.2) is 71.6 Å². The molecule has 0 atom stereocenters. The van der Waals surface area contributed by atoms with E-state index in [1.54, 1.807) is 42.5 Å². The molecule has 5 nitrogen and oxygen atoms in total. The highest BCUT2D eigenvalue weighted by Gasteiger charge is 2.27. The number of ether oxygens (including phenoxy) is 2. The minimum absolute atomic E-state index is 0.200. The van der Waals surface area contributed by atoms with Crippen molar-refractivity contribution >= 4 is 44.9 Å². The SMILES string of the molecule is CCOc1ccc(C=C(C(=O)c2ccc(Cl)cc2)S(=O)(=O)Cc2ccccc2Cl)cc1OC. The van der Waals surface area contributed by atoms with E-state index in [4.69, 9.17) is 32.7 Å². The molecule has 0 heterocycles. The third-order valence-electron chi connectivity index (χ3n) is 4.75. The van der Waals surface area contributed by atoms with Gasteiger partial charge in [0, 0.05) is 15.6 Å². The monoisotopic (exact) mass is 504 g/mol. The van der Waals surface area contributed by atoms with Gasteiger partial charge in [-0.1, -0.05) is 47.5 Å². The lowest BCUT2D eigenvalue weighted by atomic mass is 10.1. The normalized spacial score (nSPS) is 11.8. The smallest absolute Gasteiger partial charge is 0.204 e. The van der Waals surface area contributed by atoms with Crippen LogP contribution in [0.5, 0.6) is 11.5 Å². The third-order valence-corrected chi connectivity index (χ3v) is 7.04. The number of Topliss-reactive ketones (excluding diaryl/α,β-unsaturated/α-hetero) is 1. The van der Waals surface area contributed by atoms with Crippen molar-refractivity contribution in [3.8, 4) is 11.5 Å². The van der Waals surface area contributed by atoms with Gasteiger partial charge in [0.1, 0.15) is 4.91 Å². The van der Waals surface area contributed by atoms with Crippen LogP contribution in [0.25, 0.3) is 6.08 Å². The number of hydrogen-bond donors (Lipinski definition) is 0. The summed E-state index contributed by atoms with van der Waals surface area (Å²) in [6, 6.07) is 17.6. The lowest BCUT2D eigenvalue weighted by molar-refractivity contribution is 0.104. The van der Waals surface area contributed by atoms with E-state index in [-0.39, 0.29) is 10.5 Å². The molecule has 0 spiro atoms. The molecule has 3 aromatic rings. The van der Waals surface area contributed by atoms with Crippen molar-refractivity contribution in [1.82, 2.24) is 0 Å². The maximum absolute atomic E-state index is 13.4. The van der Waals surface area contributed by atoms with Gasteiger partial charge in [0.05, 0.1) is 19.5 Å². The van der Waals surface area contributed by atoms with Crippen LogP contribution in [-0.2, 0) is 15.6 Å². The summed E-state index contributed by atoms with van der Waals surface area (Å²) < 4.78 is 37.7. The topological polar surface area (TPSA) is 69.7 Å². The number of carbonyl (C=O) groups is 1. The first-order valence-corrected chi connectivity index (χ1v) is 12.4. The Balaban J connectivity index is 2.11. The van der Waals surface area contributed by atoms with Gasteiger partial charge in [0.15, 0.2) is 21.3 Å². The zero-order chi connectivity index (χ0) is 24.0. The number of halogens is 2. The number of rotatable bonds is 9. The Morgan fingerprint density at radius 3 is 2.30 bits per heavy atom. The number of allylic oxidation sites excluding steroid dienone is 1. The van der Waals surface area contributed by atoms with E-state index in [2.05, 4.69) is 0 Å². The second-order valence-electron chi connectivity index (χ2n) is 7.04. The summed E-state index contributed by atoms with van der Waals surface area (Å²) in [6.45, 7) is 2.29. The number of benzene rings is 3. The fourth-order valence-electron chi connectivity index (χ4n) is 3.14. The standard InChI is InChI=1S/C25H22Cl2O5S/c1-3-32-22-13-8-17(14-23(22)31-2)15-24(25(28)18-9-11-20(26)12-10-18)33(29,30)16-19-6-4-5-7-21(19)27/h4-15H,3,16H2,1-2H3. The molecule has 33 heavy (non-hydrogen) atoms. The minimum Gasteiger partial charge on any atom is -0.493 e. The average Bonchev–Trinajstić information content (AvgIpc) is 2.79. The maximum Gasteiger partial charge on any atom is 0.204 e. The number of hydrogen-bond acceptors (Lipinski definition) is 5. The van der Waals surface area contributed by atoms with Crippen LogP contribution in [0.3, 0.4) is 0 Å². The number of methoxy groups -OCH3 is 1. The van der Waals surface area contributed by atoms with E-state index in [9.17, 15) is 13.2 Å². The fourth-order valence-corrected chi connectivity index (χ4v) is 5.08. The van der Waals surface area contributed by atoms with Crippen LogP contribution in [0.2, 0.25) is 10.0 Å². The molecule has 0 aliphatic carbocycles.